The highest BCUT2D eigenvalue weighted by atomic mass is 16.3. The lowest BCUT2D eigenvalue weighted by molar-refractivity contribution is 0.111. The summed E-state index contributed by atoms with van der Waals surface area (Å²) < 4.78 is 0. The molecule has 0 aliphatic heterocycles. The number of nitrogens with zero attached hydrogens (tertiary/aromatic N) is 1. The van der Waals surface area contributed by atoms with Crippen molar-refractivity contribution in [2.45, 2.75) is 39.2 Å². The third kappa shape index (κ3) is 6.13. The summed E-state index contributed by atoms with van der Waals surface area (Å²) in [7, 11) is 0. The van der Waals surface area contributed by atoms with E-state index >= 15 is 0 Å². The molecule has 1 atom stereocenters. The highest BCUT2D eigenvalue weighted by molar-refractivity contribution is 4.78. The van der Waals surface area contributed by atoms with Crippen LogP contribution in [0.15, 0.2) is 0 Å². The van der Waals surface area contributed by atoms with Crippen LogP contribution in [0.4, 0.5) is 0 Å². The van der Waals surface area contributed by atoms with E-state index in [9.17, 15) is 5.11 Å². The fraction of sp³-hybridized carbons (Fsp3) is 1.00. The summed E-state index contributed by atoms with van der Waals surface area (Å²) in [4.78, 5) is 2.37. The monoisotopic (exact) mass is 214 g/mol. The molecule has 15 heavy (non-hydrogen) atoms. The quantitative estimate of drug-likeness (QED) is 0.564. The fourth-order valence-corrected chi connectivity index (χ4v) is 1.81. The Morgan fingerprint density at radius 3 is 2.67 bits per heavy atom. The van der Waals surface area contributed by atoms with Crippen molar-refractivity contribution in [2.75, 3.05) is 32.7 Å². The Labute approximate surface area is 93.9 Å². The van der Waals surface area contributed by atoms with Gasteiger partial charge in [0.2, 0.25) is 0 Å². The summed E-state index contributed by atoms with van der Waals surface area (Å²) in [6, 6.07) is 0. The molecule has 0 bridgehead atoms. The molecule has 1 rings (SSSR count). The topological polar surface area (TPSA) is 35.5 Å². The van der Waals surface area contributed by atoms with Gasteiger partial charge in [0.25, 0.3) is 0 Å². The van der Waals surface area contributed by atoms with E-state index in [1.165, 1.54) is 19.4 Å². The highest BCUT2D eigenvalue weighted by Crippen LogP contribution is 2.29. The molecule has 0 spiro atoms. The van der Waals surface area contributed by atoms with Crippen molar-refractivity contribution in [2.24, 2.45) is 5.92 Å². The number of hydrogen-bond acceptors (Lipinski definition) is 3. The average Bonchev–Trinajstić information content (AvgIpc) is 3.01. The summed E-state index contributed by atoms with van der Waals surface area (Å²) >= 11 is 0. The molecule has 2 N–H and O–H groups in total. The molecule has 3 heteroatoms. The Morgan fingerprint density at radius 2 is 2.13 bits per heavy atom. The van der Waals surface area contributed by atoms with E-state index in [2.05, 4.69) is 24.1 Å². The van der Waals surface area contributed by atoms with Crippen LogP contribution in [0, 0.1) is 5.92 Å². The number of likely N-dealkylation sites (N-methyl/N-ethyl adjacent to an activating group) is 1. The van der Waals surface area contributed by atoms with Gasteiger partial charge < -0.3 is 15.3 Å². The molecular formula is C12H26N2O. The molecule has 0 saturated heterocycles. The minimum atomic E-state index is -0.213. The standard InChI is InChI=1S/C12H26N2O/c1-3-7-13-8-12(15)10-14(4-2)9-11-5-6-11/h11-13,15H,3-10H2,1-2H3. The van der Waals surface area contributed by atoms with Gasteiger partial charge in [-0.05, 0) is 38.3 Å². The van der Waals surface area contributed by atoms with Crippen LogP contribution in [-0.4, -0.2) is 48.8 Å². The van der Waals surface area contributed by atoms with Gasteiger partial charge in [-0.15, -0.1) is 0 Å². The van der Waals surface area contributed by atoms with E-state index in [0.29, 0.717) is 0 Å². The predicted molar refractivity (Wildman–Crippen MR) is 64.0 cm³/mol. The van der Waals surface area contributed by atoms with Gasteiger partial charge in [-0.2, -0.15) is 0 Å². The lowest BCUT2D eigenvalue weighted by Gasteiger charge is -2.23. The van der Waals surface area contributed by atoms with Crippen LogP contribution in [0.2, 0.25) is 0 Å². The lowest BCUT2D eigenvalue weighted by Crippen LogP contribution is -2.39. The Bertz CT molecular complexity index is 160. The summed E-state index contributed by atoms with van der Waals surface area (Å²) in [5.74, 6) is 0.917. The molecular weight excluding hydrogens is 188 g/mol. The number of rotatable bonds is 9. The first-order valence-electron chi connectivity index (χ1n) is 6.37. The van der Waals surface area contributed by atoms with Crippen molar-refractivity contribution >= 4 is 0 Å². The zero-order chi connectivity index (χ0) is 11.1. The number of hydrogen-bond donors (Lipinski definition) is 2. The molecule has 0 amide bonds. The molecule has 1 saturated carbocycles. The molecule has 1 aliphatic rings. The second-order valence-electron chi connectivity index (χ2n) is 4.65. The van der Waals surface area contributed by atoms with E-state index in [1.54, 1.807) is 0 Å². The van der Waals surface area contributed by atoms with Crippen LogP contribution < -0.4 is 5.32 Å². The zero-order valence-corrected chi connectivity index (χ0v) is 10.2. The second kappa shape index (κ2) is 7.20. The molecule has 0 aromatic heterocycles. The third-order valence-corrected chi connectivity index (χ3v) is 2.94. The second-order valence-corrected chi connectivity index (χ2v) is 4.65. The Balaban J connectivity index is 2.06. The summed E-state index contributed by atoms with van der Waals surface area (Å²) in [6.45, 7) is 9.12. The van der Waals surface area contributed by atoms with Crippen LogP contribution in [0.3, 0.4) is 0 Å². The Kier molecular flexibility index (Phi) is 6.22. The first-order chi connectivity index (χ1) is 7.26. The van der Waals surface area contributed by atoms with Crippen molar-refractivity contribution in [3.63, 3.8) is 0 Å². The highest BCUT2D eigenvalue weighted by Gasteiger charge is 2.24. The van der Waals surface area contributed by atoms with Crippen molar-refractivity contribution in [3.8, 4) is 0 Å². The Morgan fingerprint density at radius 1 is 1.40 bits per heavy atom. The zero-order valence-electron chi connectivity index (χ0n) is 10.2. The van der Waals surface area contributed by atoms with E-state index in [1.807, 2.05) is 0 Å². The first kappa shape index (κ1) is 12.9. The molecule has 1 aliphatic carbocycles. The van der Waals surface area contributed by atoms with Gasteiger partial charge >= 0.3 is 0 Å². The summed E-state index contributed by atoms with van der Waals surface area (Å²) in [5, 5.41) is 13.1. The van der Waals surface area contributed by atoms with E-state index in [0.717, 1.165) is 38.5 Å². The molecule has 0 aromatic carbocycles. The third-order valence-electron chi connectivity index (χ3n) is 2.94. The number of nitrogens with one attached hydrogen (secondary N) is 1. The first-order valence-corrected chi connectivity index (χ1v) is 6.37. The summed E-state index contributed by atoms with van der Waals surface area (Å²) in [6.07, 6.45) is 3.70. The minimum absolute atomic E-state index is 0.213. The van der Waals surface area contributed by atoms with Gasteiger partial charge in [0, 0.05) is 19.6 Å². The van der Waals surface area contributed by atoms with Gasteiger partial charge in [-0.3, -0.25) is 0 Å². The number of aliphatic hydroxyl groups excluding tert-OH is 1. The molecule has 0 aromatic rings. The molecule has 0 radical (unpaired) electrons. The van der Waals surface area contributed by atoms with Crippen molar-refractivity contribution in [3.05, 3.63) is 0 Å². The van der Waals surface area contributed by atoms with Crippen molar-refractivity contribution in [1.29, 1.82) is 0 Å². The molecule has 1 fully saturated rings. The fourth-order valence-electron chi connectivity index (χ4n) is 1.81. The largest absolute Gasteiger partial charge is 0.390 e. The van der Waals surface area contributed by atoms with Crippen LogP contribution >= 0.6 is 0 Å². The molecule has 0 heterocycles. The van der Waals surface area contributed by atoms with E-state index in [-0.39, 0.29) is 6.10 Å². The predicted octanol–water partition coefficient (Wildman–Crippen LogP) is 1.08. The van der Waals surface area contributed by atoms with Gasteiger partial charge in [-0.25, -0.2) is 0 Å². The normalized spacial score (nSPS) is 18.4. The Hall–Kier alpha value is -0.120. The maximum Gasteiger partial charge on any atom is 0.0791 e. The van der Waals surface area contributed by atoms with Gasteiger partial charge in [0.1, 0.15) is 0 Å². The van der Waals surface area contributed by atoms with Gasteiger partial charge in [-0.1, -0.05) is 13.8 Å². The SMILES string of the molecule is CCCNCC(O)CN(CC)CC1CC1. The molecule has 3 nitrogen and oxygen atoms in total. The molecule has 90 valence electrons. The van der Waals surface area contributed by atoms with Gasteiger partial charge in [0.05, 0.1) is 6.10 Å². The summed E-state index contributed by atoms with van der Waals surface area (Å²) in [5.41, 5.74) is 0. The molecule has 1 unspecified atom stereocenters. The van der Waals surface area contributed by atoms with Gasteiger partial charge in [0.15, 0.2) is 0 Å². The van der Waals surface area contributed by atoms with Crippen LogP contribution in [0.5, 0.6) is 0 Å². The van der Waals surface area contributed by atoms with E-state index < -0.39 is 0 Å². The van der Waals surface area contributed by atoms with Crippen LogP contribution in [0.1, 0.15) is 33.1 Å². The minimum Gasteiger partial charge on any atom is -0.390 e. The average molecular weight is 214 g/mol. The smallest absolute Gasteiger partial charge is 0.0791 e. The maximum absolute atomic E-state index is 9.81. The maximum atomic E-state index is 9.81. The van der Waals surface area contributed by atoms with Crippen molar-refractivity contribution in [1.82, 2.24) is 10.2 Å². The van der Waals surface area contributed by atoms with Crippen molar-refractivity contribution < 1.29 is 5.11 Å². The van der Waals surface area contributed by atoms with E-state index in [4.69, 9.17) is 0 Å². The van der Waals surface area contributed by atoms with Crippen LogP contribution in [0.25, 0.3) is 0 Å². The lowest BCUT2D eigenvalue weighted by atomic mass is 10.3. The van der Waals surface area contributed by atoms with Crippen LogP contribution in [-0.2, 0) is 0 Å². The number of aliphatic hydroxyl groups is 1.